The lowest BCUT2D eigenvalue weighted by Gasteiger charge is -2.26. The highest BCUT2D eigenvalue weighted by Crippen LogP contribution is 2.44. The average molecular weight is 816 g/mol. The predicted octanol–water partition coefficient (Wildman–Crippen LogP) is 17.7. The van der Waals surface area contributed by atoms with E-state index in [0.717, 1.165) is 72.4 Å². The van der Waals surface area contributed by atoms with E-state index in [1.54, 1.807) is 0 Å². The molecule has 0 fully saturated rings. The van der Waals surface area contributed by atoms with Crippen LogP contribution in [-0.2, 0) is 0 Å². The van der Waals surface area contributed by atoms with Gasteiger partial charge in [-0.25, -0.2) is 0 Å². The molecular formula is C62H41NO. The molecule has 0 radical (unpaired) electrons. The second-order valence-electron chi connectivity index (χ2n) is 16.5. The van der Waals surface area contributed by atoms with Gasteiger partial charge in [0.1, 0.15) is 11.2 Å². The standard InChI is InChI=1S/C62H41NO/c1-4-13-42(14-5-1)43-23-25-44(26-24-43)45-29-33-52(34-30-45)63(54-37-38-56-50(39-54)28-27-49-19-10-11-20-55(49)56)53-35-31-46(32-36-53)51-40-59(48-17-8-3-9-18-48)62-60(41-51)58-22-12-21-57(61(58)64-62)47-15-6-2-7-16-47/h1-41H. The van der Waals surface area contributed by atoms with Gasteiger partial charge in [-0.3, -0.25) is 0 Å². The maximum atomic E-state index is 6.87. The van der Waals surface area contributed by atoms with Gasteiger partial charge in [-0.2, -0.15) is 0 Å². The molecule has 0 aliphatic rings. The largest absolute Gasteiger partial charge is 0.455 e. The molecule has 12 aromatic rings. The number of furan rings is 1. The Balaban J connectivity index is 0.960. The monoisotopic (exact) mass is 815 g/mol. The zero-order valence-electron chi connectivity index (χ0n) is 35.0. The minimum atomic E-state index is 0.899. The fourth-order valence-electron chi connectivity index (χ4n) is 9.42. The summed E-state index contributed by atoms with van der Waals surface area (Å²) < 4.78 is 6.87. The van der Waals surface area contributed by atoms with Crippen LogP contribution in [0.5, 0.6) is 0 Å². The fraction of sp³-hybridized carbons (Fsp3) is 0. The van der Waals surface area contributed by atoms with Gasteiger partial charge in [-0.15, -0.1) is 0 Å². The van der Waals surface area contributed by atoms with Gasteiger partial charge in [0, 0.05) is 39.0 Å². The Bertz CT molecular complexity index is 3610. The summed E-state index contributed by atoms with van der Waals surface area (Å²) in [5, 5.41) is 7.18. The molecule has 0 saturated carbocycles. The molecule has 0 amide bonds. The highest BCUT2D eigenvalue weighted by molar-refractivity contribution is 6.14. The van der Waals surface area contributed by atoms with Gasteiger partial charge in [0.25, 0.3) is 0 Å². The molecule has 1 aromatic heterocycles. The van der Waals surface area contributed by atoms with Crippen molar-refractivity contribution in [1.82, 2.24) is 0 Å². The molecule has 1 heterocycles. The van der Waals surface area contributed by atoms with Crippen LogP contribution in [0.4, 0.5) is 17.1 Å². The number of benzene rings is 11. The van der Waals surface area contributed by atoms with Crippen molar-refractivity contribution in [3.05, 3.63) is 249 Å². The first-order valence-corrected chi connectivity index (χ1v) is 21.9. The van der Waals surface area contributed by atoms with E-state index >= 15 is 0 Å². The van der Waals surface area contributed by atoms with E-state index in [0.29, 0.717) is 0 Å². The van der Waals surface area contributed by atoms with Crippen molar-refractivity contribution in [2.75, 3.05) is 4.90 Å². The second-order valence-corrected chi connectivity index (χ2v) is 16.5. The Morgan fingerprint density at radius 1 is 0.234 bits per heavy atom. The molecule has 0 unspecified atom stereocenters. The van der Waals surface area contributed by atoms with Gasteiger partial charge in [-0.1, -0.05) is 200 Å². The van der Waals surface area contributed by atoms with Gasteiger partial charge < -0.3 is 9.32 Å². The zero-order chi connectivity index (χ0) is 42.4. The smallest absolute Gasteiger partial charge is 0.143 e. The van der Waals surface area contributed by atoms with Crippen LogP contribution in [0.15, 0.2) is 253 Å². The summed E-state index contributed by atoms with van der Waals surface area (Å²) in [7, 11) is 0. The molecular weight excluding hydrogens is 775 g/mol. The molecule has 0 spiro atoms. The van der Waals surface area contributed by atoms with Crippen LogP contribution in [0.3, 0.4) is 0 Å². The minimum absolute atomic E-state index is 0.899. The van der Waals surface area contributed by atoms with Crippen LogP contribution in [0.2, 0.25) is 0 Å². The number of hydrogen-bond acceptors (Lipinski definition) is 2. The van der Waals surface area contributed by atoms with Crippen LogP contribution in [0.1, 0.15) is 0 Å². The Labute approximate surface area is 372 Å². The van der Waals surface area contributed by atoms with Crippen molar-refractivity contribution >= 4 is 60.5 Å². The third-order valence-electron chi connectivity index (χ3n) is 12.7. The Hall–Kier alpha value is -8.46. The molecule has 0 bridgehead atoms. The van der Waals surface area contributed by atoms with Crippen molar-refractivity contribution in [3.8, 4) is 55.6 Å². The number of para-hydroxylation sites is 1. The minimum Gasteiger partial charge on any atom is -0.455 e. The molecule has 2 heteroatoms. The van der Waals surface area contributed by atoms with Gasteiger partial charge in [-0.05, 0) is 115 Å². The third kappa shape index (κ3) is 6.70. The summed E-state index contributed by atoms with van der Waals surface area (Å²) in [6, 6.07) is 89.5. The van der Waals surface area contributed by atoms with E-state index in [4.69, 9.17) is 4.42 Å². The summed E-state index contributed by atoms with van der Waals surface area (Å²) in [4.78, 5) is 2.37. The summed E-state index contributed by atoms with van der Waals surface area (Å²) in [5.74, 6) is 0. The first-order valence-electron chi connectivity index (χ1n) is 21.9. The van der Waals surface area contributed by atoms with Crippen LogP contribution < -0.4 is 4.90 Å². The molecule has 0 atom stereocenters. The van der Waals surface area contributed by atoms with Crippen molar-refractivity contribution in [2.24, 2.45) is 0 Å². The Morgan fingerprint density at radius 2 is 0.688 bits per heavy atom. The average Bonchev–Trinajstić information content (AvgIpc) is 3.76. The lowest BCUT2D eigenvalue weighted by molar-refractivity contribution is 0.671. The zero-order valence-corrected chi connectivity index (χ0v) is 35.0. The van der Waals surface area contributed by atoms with Gasteiger partial charge >= 0.3 is 0 Å². The lowest BCUT2D eigenvalue weighted by atomic mass is 9.95. The van der Waals surface area contributed by atoms with Crippen molar-refractivity contribution in [2.45, 2.75) is 0 Å². The Morgan fingerprint density at radius 3 is 1.33 bits per heavy atom. The van der Waals surface area contributed by atoms with Gasteiger partial charge in [0.15, 0.2) is 0 Å². The van der Waals surface area contributed by atoms with Crippen molar-refractivity contribution in [1.29, 1.82) is 0 Å². The highest BCUT2D eigenvalue weighted by atomic mass is 16.3. The molecule has 11 aromatic carbocycles. The summed E-state index contributed by atoms with van der Waals surface area (Å²) in [6.45, 7) is 0. The molecule has 0 saturated heterocycles. The maximum absolute atomic E-state index is 6.87. The quantitative estimate of drug-likeness (QED) is 0.142. The molecule has 0 N–H and O–H groups in total. The second kappa shape index (κ2) is 15.8. The highest BCUT2D eigenvalue weighted by Gasteiger charge is 2.19. The molecule has 64 heavy (non-hydrogen) atoms. The molecule has 0 aliphatic heterocycles. The van der Waals surface area contributed by atoms with Crippen LogP contribution in [0.25, 0.3) is 99.1 Å². The SMILES string of the molecule is c1ccc(-c2ccc(-c3ccc(N(c4ccc(-c5cc(-c6ccccc6)c6oc7c(-c8ccccc8)cccc7c6c5)cc4)c4ccc5c(ccc6ccccc65)c4)cc3)cc2)cc1. The number of anilines is 3. The van der Waals surface area contributed by atoms with E-state index in [-0.39, 0.29) is 0 Å². The van der Waals surface area contributed by atoms with Crippen molar-refractivity contribution < 1.29 is 4.42 Å². The fourth-order valence-corrected chi connectivity index (χ4v) is 9.42. The molecule has 300 valence electrons. The van der Waals surface area contributed by atoms with E-state index in [1.165, 1.54) is 43.8 Å². The molecule has 2 nitrogen and oxygen atoms in total. The maximum Gasteiger partial charge on any atom is 0.143 e. The number of hydrogen-bond donors (Lipinski definition) is 0. The predicted molar refractivity (Wildman–Crippen MR) is 271 cm³/mol. The number of nitrogens with zero attached hydrogens (tertiary/aromatic N) is 1. The van der Waals surface area contributed by atoms with Crippen LogP contribution >= 0.6 is 0 Å². The summed E-state index contributed by atoms with van der Waals surface area (Å²) in [6.07, 6.45) is 0. The summed E-state index contributed by atoms with van der Waals surface area (Å²) in [5.41, 5.74) is 16.6. The topological polar surface area (TPSA) is 16.4 Å². The van der Waals surface area contributed by atoms with Gasteiger partial charge in [0.05, 0.1) is 0 Å². The molecule has 0 aliphatic carbocycles. The number of rotatable bonds is 8. The van der Waals surface area contributed by atoms with E-state index in [1.807, 2.05) is 0 Å². The number of fused-ring (bicyclic) bond motifs is 6. The van der Waals surface area contributed by atoms with E-state index in [9.17, 15) is 0 Å². The Kier molecular flexibility index (Phi) is 9.20. The third-order valence-corrected chi connectivity index (χ3v) is 12.7. The lowest BCUT2D eigenvalue weighted by Crippen LogP contribution is -2.09. The van der Waals surface area contributed by atoms with Crippen LogP contribution in [0, 0.1) is 0 Å². The summed E-state index contributed by atoms with van der Waals surface area (Å²) >= 11 is 0. The van der Waals surface area contributed by atoms with E-state index < -0.39 is 0 Å². The molecule has 12 rings (SSSR count). The normalized spacial score (nSPS) is 11.4. The van der Waals surface area contributed by atoms with E-state index in [2.05, 4.69) is 254 Å². The van der Waals surface area contributed by atoms with Gasteiger partial charge in [0.2, 0.25) is 0 Å². The van der Waals surface area contributed by atoms with Crippen molar-refractivity contribution in [3.63, 3.8) is 0 Å². The first kappa shape index (κ1) is 37.3. The first-order chi connectivity index (χ1) is 31.7. The van der Waals surface area contributed by atoms with Crippen LogP contribution in [-0.4, -0.2) is 0 Å².